The Morgan fingerprint density at radius 2 is 2.26 bits per heavy atom. The average Bonchev–Trinajstić information content (AvgIpc) is 2.96. The number of fused-ring (bicyclic) bond motifs is 3. The van der Waals surface area contributed by atoms with Crippen molar-refractivity contribution in [3.63, 3.8) is 0 Å². The lowest BCUT2D eigenvalue weighted by atomic mass is 10.0. The van der Waals surface area contributed by atoms with Crippen LogP contribution in [0.2, 0.25) is 0 Å². The van der Waals surface area contributed by atoms with E-state index in [2.05, 4.69) is 22.1 Å². The first-order valence-corrected chi connectivity index (χ1v) is 9.23. The second-order valence-electron chi connectivity index (χ2n) is 6.82. The van der Waals surface area contributed by atoms with Gasteiger partial charge in [-0.1, -0.05) is 11.8 Å². The quantitative estimate of drug-likeness (QED) is 0.467. The van der Waals surface area contributed by atoms with Crippen molar-refractivity contribution in [1.82, 2.24) is 10.3 Å². The minimum atomic E-state index is -1.11. The third-order valence-electron chi connectivity index (χ3n) is 3.78. The molecule has 1 aliphatic rings. The number of benzene rings is 1. The summed E-state index contributed by atoms with van der Waals surface area (Å²) >= 11 is 1.18. The summed E-state index contributed by atoms with van der Waals surface area (Å²) in [5, 5.41) is 22.7. The highest BCUT2D eigenvalue weighted by atomic mass is 32.1. The molecule has 27 heavy (non-hydrogen) atoms. The van der Waals surface area contributed by atoms with Crippen molar-refractivity contribution in [3.05, 3.63) is 33.6 Å². The summed E-state index contributed by atoms with van der Waals surface area (Å²) < 4.78 is 5.88. The average molecular weight is 387 g/mol. The van der Waals surface area contributed by atoms with Crippen molar-refractivity contribution in [2.24, 2.45) is 5.73 Å². The monoisotopic (exact) mass is 387 g/mol. The van der Waals surface area contributed by atoms with Crippen LogP contribution in [0.25, 0.3) is 11.3 Å². The molecule has 0 aliphatic carbocycles. The van der Waals surface area contributed by atoms with E-state index in [0.717, 1.165) is 4.88 Å². The van der Waals surface area contributed by atoms with Crippen LogP contribution in [0.4, 0.5) is 0 Å². The number of carbonyl (C=O) groups is 1. The van der Waals surface area contributed by atoms with Crippen molar-refractivity contribution in [1.29, 1.82) is 0 Å². The number of nitrogens with zero attached hydrogens (tertiary/aromatic N) is 1. The Hall–Kier alpha value is -2.44. The molecule has 8 heteroatoms. The molecule has 0 saturated heterocycles. The van der Waals surface area contributed by atoms with E-state index >= 15 is 0 Å². The molecule has 1 aromatic carbocycles. The number of ether oxygens (including phenoxy) is 1. The first kappa shape index (κ1) is 19.3. The van der Waals surface area contributed by atoms with Crippen molar-refractivity contribution in [3.8, 4) is 28.8 Å². The molecule has 5 N–H and O–H groups in total. The summed E-state index contributed by atoms with van der Waals surface area (Å²) in [5.74, 6) is 5.69. The van der Waals surface area contributed by atoms with E-state index in [1.54, 1.807) is 32.9 Å². The fourth-order valence-corrected chi connectivity index (χ4v) is 3.65. The normalized spacial score (nSPS) is 16.9. The lowest BCUT2D eigenvalue weighted by Gasteiger charge is -2.18. The summed E-state index contributed by atoms with van der Waals surface area (Å²) in [5.41, 5.74) is 6.25. The van der Waals surface area contributed by atoms with Gasteiger partial charge in [-0.25, -0.2) is 4.98 Å². The number of aromatic nitrogens is 1. The molecule has 1 amide bonds. The van der Waals surface area contributed by atoms with Crippen LogP contribution in [0.1, 0.15) is 47.1 Å². The van der Waals surface area contributed by atoms with Gasteiger partial charge in [-0.05, 0) is 39.0 Å². The molecule has 0 bridgehead atoms. The first-order chi connectivity index (χ1) is 12.6. The van der Waals surface area contributed by atoms with Crippen LogP contribution in [-0.4, -0.2) is 39.5 Å². The zero-order chi connectivity index (χ0) is 19.8. The predicted molar refractivity (Wildman–Crippen MR) is 102 cm³/mol. The molecular weight excluding hydrogens is 366 g/mol. The van der Waals surface area contributed by atoms with Crippen LogP contribution in [0.3, 0.4) is 0 Å². The summed E-state index contributed by atoms with van der Waals surface area (Å²) in [4.78, 5) is 16.8. The zero-order valence-electron chi connectivity index (χ0n) is 15.2. The third-order valence-corrected chi connectivity index (χ3v) is 4.96. The van der Waals surface area contributed by atoms with Gasteiger partial charge in [-0.15, -0.1) is 11.3 Å². The van der Waals surface area contributed by atoms with E-state index < -0.39 is 17.7 Å². The molecule has 0 spiro atoms. The van der Waals surface area contributed by atoms with Gasteiger partial charge < -0.3 is 20.7 Å². The van der Waals surface area contributed by atoms with Gasteiger partial charge in [0.15, 0.2) is 5.01 Å². The maximum atomic E-state index is 11.6. The second kappa shape index (κ2) is 7.29. The lowest BCUT2D eigenvalue weighted by molar-refractivity contribution is 0.1000. The molecule has 0 radical (unpaired) electrons. The molecule has 3 rings (SSSR count). The van der Waals surface area contributed by atoms with E-state index in [9.17, 15) is 15.0 Å². The van der Waals surface area contributed by atoms with Gasteiger partial charge in [0.25, 0.3) is 5.91 Å². The number of nitrogens with one attached hydrogen (secondary N) is 1. The Kier molecular flexibility index (Phi) is 5.22. The Balaban J connectivity index is 2.12. The van der Waals surface area contributed by atoms with Crippen molar-refractivity contribution in [2.45, 2.75) is 38.6 Å². The number of hydrogen-bond donors (Lipinski definition) is 4. The number of aliphatic hydroxyl groups excluding tert-OH is 1. The number of hydrogen-bond acceptors (Lipinski definition) is 7. The molecule has 2 unspecified atom stereocenters. The number of amides is 1. The van der Waals surface area contributed by atoms with Crippen molar-refractivity contribution < 1.29 is 19.7 Å². The maximum absolute atomic E-state index is 11.6. The van der Waals surface area contributed by atoms with E-state index in [0.29, 0.717) is 22.6 Å². The SMILES string of the molecule is CC(O)NC1COc2ccc(C#CC(C)(C)O)cc2-c2nc(C(N)=O)sc21. The fraction of sp³-hybridized carbons (Fsp3) is 0.368. The highest BCUT2D eigenvalue weighted by Gasteiger charge is 2.29. The largest absolute Gasteiger partial charge is 0.491 e. The Bertz CT molecular complexity index is 935. The topological polar surface area (TPSA) is 118 Å². The van der Waals surface area contributed by atoms with E-state index in [1.807, 2.05) is 6.07 Å². The Labute approximate surface area is 161 Å². The predicted octanol–water partition coefficient (Wildman–Crippen LogP) is 1.39. The van der Waals surface area contributed by atoms with Gasteiger partial charge in [0.2, 0.25) is 0 Å². The van der Waals surface area contributed by atoms with Crippen LogP contribution in [-0.2, 0) is 0 Å². The molecule has 0 fully saturated rings. The number of aliphatic hydroxyl groups is 2. The van der Waals surface area contributed by atoms with Crippen LogP contribution >= 0.6 is 11.3 Å². The Morgan fingerprint density at radius 1 is 1.52 bits per heavy atom. The highest BCUT2D eigenvalue weighted by Crippen LogP contribution is 2.41. The Morgan fingerprint density at radius 3 is 2.89 bits per heavy atom. The number of rotatable bonds is 3. The third kappa shape index (κ3) is 4.46. The van der Waals surface area contributed by atoms with Crippen molar-refractivity contribution >= 4 is 17.2 Å². The van der Waals surface area contributed by atoms with E-state index in [1.165, 1.54) is 11.3 Å². The number of primary amides is 1. The smallest absolute Gasteiger partial charge is 0.277 e. The molecule has 1 aliphatic heterocycles. The minimum absolute atomic E-state index is 0.193. The number of thiazole rings is 1. The molecular formula is C19H21N3O4S. The minimum Gasteiger partial charge on any atom is -0.491 e. The molecule has 7 nitrogen and oxygen atoms in total. The summed E-state index contributed by atoms with van der Waals surface area (Å²) in [6.07, 6.45) is -0.764. The number of nitrogens with two attached hydrogens (primary N) is 1. The van der Waals surface area contributed by atoms with Crippen molar-refractivity contribution in [2.75, 3.05) is 6.61 Å². The van der Waals surface area contributed by atoms with E-state index in [-0.39, 0.29) is 17.7 Å². The summed E-state index contributed by atoms with van der Waals surface area (Å²) in [6, 6.07) is 5.04. The van der Waals surface area contributed by atoms with Crippen LogP contribution in [0.15, 0.2) is 18.2 Å². The van der Waals surface area contributed by atoms with Gasteiger partial charge in [-0.2, -0.15) is 0 Å². The van der Waals surface area contributed by atoms with Crippen LogP contribution < -0.4 is 15.8 Å². The molecule has 0 saturated carbocycles. The fourth-order valence-electron chi connectivity index (χ4n) is 2.67. The van der Waals surface area contributed by atoms with Crippen LogP contribution in [0, 0.1) is 11.8 Å². The molecule has 2 heterocycles. The van der Waals surface area contributed by atoms with Gasteiger partial charge >= 0.3 is 0 Å². The van der Waals surface area contributed by atoms with Gasteiger partial charge in [-0.3, -0.25) is 10.1 Å². The van der Waals surface area contributed by atoms with Gasteiger partial charge in [0, 0.05) is 11.1 Å². The summed E-state index contributed by atoms with van der Waals surface area (Å²) in [7, 11) is 0. The first-order valence-electron chi connectivity index (χ1n) is 8.41. The molecule has 142 valence electrons. The van der Waals surface area contributed by atoms with Gasteiger partial charge in [0.05, 0.1) is 16.6 Å². The highest BCUT2D eigenvalue weighted by molar-refractivity contribution is 7.14. The van der Waals surface area contributed by atoms with Crippen LogP contribution in [0.5, 0.6) is 5.75 Å². The molecule has 1 aromatic heterocycles. The molecule has 2 atom stereocenters. The van der Waals surface area contributed by atoms with Gasteiger partial charge in [0.1, 0.15) is 24.2 Å². The second-order valence-corrected chi connectivity index (χ2v) is 7.85. The maximum Gasteiger partial charge on any atom is 0.277 e. The summed E-state index contributed by atoms with van der Waals surface area (Å²) in [6.45, 7) is 5.09. The number of carbonyl (C=O) groups excluding carboxylic acids is 1. The molecule has 2 aromatic rings. The zero-order valence-corrected chi connectivity index (χ0v) is 16.1. The standard InChI is InChI=1S/C19H21N3O4S/c1-10(23)21-13-9-26-14-5-4-11(6-7-19(2,3)25)8-12(14)15-16(13)27-18(22-15)17(20)24/h4-5,8,10,13,21,23,25H,9H2,1-3H3,(H2,20,24). The van der Waals surface area contributed by atoms with E-state index in [4.69, 9.17) is 10.5 Å². The lowest BCUT2D eigenvalue weighted by Crippen LogP contribution is -2.33.